The van der Waals surface area contributed by atoms with Crippen LogP contribution in [-0.2, 0) is 4.79 Å². The summed E-state index contributed by atoms with van der Waals surface area (Å²) in [5.74, 6) is -84.4. The molecule has 0 rings (SSSR count). The van der Waals surface area contributed by atoms with Gasteiger partial charge < -0.3 is 9.90 Å². The van der Waals surface area contributed by atoms with E-state index in [2.05, 4.69) is 0 Å². The minimum atomic E-state index is -9.30. The monoisotopic (exact) mass is 586 g/mol. The van der Waals surface area contributed by atoms with Crippen molar-refractivity contribution in [2.24, 2.45) is 0 Å². The Bertz CT molecular complexity index is 796. The molecule has 35 heavy (non-hydrogen) atoms. The fourth-order valence-electron chi connectivity index (χ4n) is 1.69. The predicted molar refractivity (Wildman–Crippen MR) is 55.6 cm³/mol. The molecule has 0 atom stereocenters. The number of rotatable bonds is 9. The van der Waals surface area contributed by atoms with Crippen LogP contribution in [0, 0.1) is 0 Å². The van der Waals surface area contributed by atoms with E-state index < -0.39 is 65.4 Å². The minimum Gasteiger partial charge on any atom is -0.544 e. The summed E-state index contributed by atoms with van der Waals surface area (Å²) in [6.45, 7) is 0. The van der Waals surface area contributed by atoms with Crippen molar-refractivity contribution in [2.45, 2.75) is 59.5 Å². The molecule has 0 aromatic carbocycles. The number of aliphatic carboxylic acids is 1. The zero-order chi connectivity index (χ0) is 28.6. The number of carboxylic acid groups (broad SMARTS) is 1. The van der Waals surface area contributed by atoms with Gasteiger partial charge in [-0.25, -0.2) is 0 Å². The molecular formula is C11F21NaO2. The van der Waals surface area contributed by atoms with Crippen LogP contribution in [-0.4, -0.2) is 65.4 Å². The second kappa shape index (κ2) is 8.79. The van der Waals surface area contributed by atoms with Crippen molar-refractivity contribution in [3.8, 4) is 0 Å². The van der Waals surface area contributed by atoms with Crippen molar-refractivity contribution in [1.82, 2.24) is 0 Å². The molecule has 0 N–H and O–H groups in total. The van der Waals surface area contributed by atoms with Crippen LogP contribution in [0.1, 0.15) is 0 Å². The van der Waals surface area contributed by atoms with Gasteiger partial charge in [-0.1, -0.05) is 0 Å². The van der Waals surface area contributed by atoms with Crippen molar-refractivity contribution in [1.29, 1.82) is 0 Å². The molecule has 0 aromatic heterocycles. The SMILES string of the molecule is O=C([O-])C(F)(F)C(F)(F)C(F)(F)C(F)(F)C(F)(F)C(F)(F)C(F)(F)C(F)(F)C(F)(F)C(F)(F)F.[Na+]. The van der Waals surface area contributed by atoms with Gasteiger partial charge in [0.25, 0.3) is 0 Å². The Morgan fingerprint density at radius 2 is 0.543 bits per heavy atom. The Kier molecular flexibility index (Phi) is 9.08. The topological polar surface area (TPSA) is 40.1 Å². The predicted octanol–water partition coefficient (Wildman–Crippen LogP) is 2.02. The van der Waals surface area contributed by atoms with E-state index in [0.717, 1.165) is 0 Å². The quantitative estimate of drug-likeness (QED) is 0.307. The summed E-state index contributed by atoms with van der Waals surface area (Å²) in [5, 5.41) is 9.72. The van der Waals surface area contributed by atoms with E-state index in [0.29, 0.717) is 0 Å². The fraction of sp³-hybridized carbons (Fsp3) is 0.909. The van der Waals surface area contributed by atoms with Crippen LogP contribution in [0.15, 0.2) is 0 Å². The molecule has 0 fully saturated rings. The van der Waals surface area contributed by atoms with Crippen molar-refractivity contribution in [2.75, 3.05) is 0 Å². The van der Waals surface area contributed by atoms with Gasteiger partial charge in [-0.3, -0.25) is 0 Å². The van der Waals surface area contributed by atoms with Crippen LogP contribution in [0.4, 0.5) is 92.2 Å². The first kappa shape index (κ1) is 36.2. The molecule has 0 saturated carbocycles. The largest absolute Gasteiger partial charge is 1.00 e. The van der Waals surface area contributed by atoms with Gasteiger partial charge in [0.15, 0.2) is 0 Å². The molecule has 0 bridgehead atoms. The summed E-state index contributed by atoms with van der Waals surface area (Å²) in [7, 11) is 0. The first-order chi connectivity index (χ1) is 14.2. The van der Waals surface area contributed by atoms with Crippen LogP contribution < -0.4 is 34.7 Å². The summed E-state index contributed by atoms with van der Waals surface area (Å²) >= 11 is 0. The molecule has 0 heterocycles. The molecule has 0 spiro atoms. The van der Waals surface area contributed by atoms with Gasteiger partial charge in [0.2, 0.25) is 0 Å². The van der Waals surface area contributed by atoms with Gasteiger partial charge >= 0.3 is 89.0 Å². The molecule has 0 aromatic rings. The molecule has 0 aliphatic heterocycles. The molecule has 0 aliphatic carbocycles. The maximum atomic E-state index is 13.2. The van der Waals surface area contributed by atoms with Crippen LogP contribution in [0.2, 0.25) is 0 Å². The van der Waals surface area contributed by atoms with E-state index in [9.17, 15) is 102 Å². The van der Waals surface area contributed by atoms with Gasteiger partial charge in [0.1, 0.15) is 5.97 Å². The van der Waals surface area contributed by atoms with Crippen LogP contribution in [0.3, 0.4) is 0 Å². The van der Waals surface area contributed by atoms with E-state index in [1.807, 2.05) is 0 Å². The molecule has 2 nitrogen and oxygen atoms in total. The second-order valence-corrected chi connectivity index (χ2v) is 5.95. The van der Waals surface area contributed by atoms with E-state index in [4.69, 9.17) is 0 Å². The van der Waals surface area contributed by atoms with Crippen molar-refractivity contribution >= 4 is 5.97 Å². The third-order valence-electron chi connectivity index (χ3n) is 3.77. The Balaban J connectivity index is 0. The zero-order valence-corrected chi connectivity index (χ0v) is 17.3. The number of carboxylic acids is 1. The molecule has 204 valence electrons. The third-order valence-corrected chi connectivity index (χ3v) is 3.77. The Hall–Kier alpha value is -1.00. The van der Waals surface area contributed by atoms with E-state index in [1.54, 1.807) is 0 Å². The number of hydrogen-bond acceptors (Lipinski definition) is 2. The Labute approximate surface area is 197 Å². The van der Waals surface area contributed by atoms with Crippen LogP contribution in [0.25, 0.3) is 0 Å². The molecule has 24 heteroatoms. The Morgan fingerprint density at radius 1 is 0.371 bits per heavy atom. The van der Waals surface area contributed by atoms with Crippen molar-refractivity contribution in [3.05, 3.63) is 0 Å². The molecule has 0 aliphatic rings. The van der Waals surface area contributed by atoms with Gasteiger partial charge in [0.05, 0.1) is 0 Å². The van der Waals surface area contributed by atoms with E-state index >= 15 is 0 Å². The normalized spacial score (nSPS) is 16.1. The van der Waals surface area contributed by atoms with Gasteiger partial charge in [-0.15, -0.1) is 0 Å². The third kappa shape index (κ3) is 4.29. The second-order valence-electron chi connectivity index (χ2n) is 5.95. The number of carbonyl (C=O) groups excluding carboxylic acids is 1. The van der Waals surface area contributed by atoms with Crippen LogP contribution in [0.5, 0.6) is 0 Å². The number of alkyl halides is 21. The van der Waals surface area contributed by atoms with Crippen molar-refractivity contribution in [3.63, 3.8) is 0 Å². The van der Waals surface area contributed by atoms with Gasteiger partial charge in [-0.2, -0.15) is 92.2 Å². The van der Waals surface area contributed by atoms with Crippen LogP contribution >= 0.6 is 0 Å². The molecule has 0 saturated heterocycles. The maximum absolute atomic E-state index is 13.2. The summed E-state index contributed by atoms with van der Waals surface area (Å²) in [5.41, 5.74) is 0. The number of halogens is 21. The minimum absolute atomic E-state index is 0. The summed E-state index contributed by atoms with van der Waals surface area (Å²) in [4.78, 5) is 9.72. The zero-order valence-electron chi connectivity index (χ0n) is 15.3. The number of carbonyl (C=O) groups is 1. The Morgan fingerprint density at radius 3 is 0.714 bits per heavy atom. The van der Waals surface area contributed by atoms with E-state index in [-0.39, 0.29) is 29.6 Å². The summed E-state index contributed by atoms with van der Waals surface area (Å²) in [6.07, 6.45) is -8.05. The fourth-order valence-corrected chi connectivity index (χ4v) is 1.69. The average Bonchev–Trinajstić information content (AvgIpc) is 2.58. The molecular weight excluding hydrogens is 586 g/mol. The first-order valence-electron chi connectivity index (χ1n) is 6.88. The molecule has 0 radical (unpaired) electrons. The smallest absolute Gasteiger partial charge is 0.544 e. The van der Waals surface area contributed by atoms with Gasteiger partial charge in [-0.05, 0) is 0 Å². The number of hydrogen-bond donors (Lipinski definition) is 0. The summed E-state index contributed by atoms with van der Waals surface area (Å²) < 4.78 is 269. The maximum Gasteiger partial charge on any atom is 1.00 e. The average molecular weight is 586 g/mol. The van der Waals surface area contributed by atoms with Gasteiger partial charge in [0, 0.05) is 0 Å². The van der Waals surface area contributed by atoms with E-state index in [1.165, 1.54) is 0 Å². The standard InChI is InChI=1S/C11HF21O2.Na/c12-2(13,1(33)34)3(14,15)4(16,17)5(18,19)6(20,21)7(22,23)8(24,25)9(26,27)10(28,29)11(30,31)32;/h(H,33,34);/q;+1/p-1. The van der Waals surface area contributed by atoms with Crippen molar-refractivity contribution < 1.29 is 132 Å². The molecule has 0 unspecified atom stereocenters. The summed E-state index contributed by atoms with van der Waals surface area (Å²) in [6, 6.07) is 0. The molecule has 0 amide bonds. The first-order valence-corrected chi connectivity index (χ1v) is 6.88.